The van der Waals surface area contributed by atoms with Crippen molar-refractivity contribution in [2.45, 2.75) is 37.6 Å². The van der Waals surface area contributed by atoms with Gasteiger partial charge in [-0.15, -0.1) is 0 Å². The number of methoxy groups -OCH3 is 3. The Balaban J connectivity index is 2.76. The zero-order valence-electron chi connectivity index (χ0n) is 8.97. The molecule has 0 aromatic carbocycles. The first-order chi connectivity index (χ1) is 6.65. The summed E-state index contributed by atoms with van der Waals surface area (Å²) in [5.74, 6) is 0. The molecular weight excluding hydrogens is 188 g/mol. The van der Waals surface area contributed by atoms with Crippen LogP contribution in [0.1, 0.15) is 6.92 Å². The molecule has 0 bridgehead atoms. The monoisotopic (exact) mass is 206 g/mol. The van der Waals surface area contributed by atoms with Crippen molar-refractivity contribution in [1.29, 1.82) is 0 Å². The van der Waals surface area contributed by atoms with Crippen LogP contribution in [0.25, 0.3) is 0 Å². The molecular formula is C9H18O5. The van der Waals surface area contributed by atoms with E-state index in [9.17, 15) is 5.11 Å². The van der Waals surface area contributed by atoms with E-state index in [0.29, 0.717) is 0 Å². The molecule has 1 rings (SSSR count). The van der Waals surface area contributed by atoms with Crippen molar-refractivity contribution in [3.05, 3.63) is 0 Å². The molecule has 1 aliphatic heterocycles. The van der Waals surface area contributed by atoms with E-state index in [1.54, 1.807) is 14.2 Å². The zero-order chi connectivity index (χ0) is 10.7. The molecule has 0 aromatic rings. The topological polar surface area (TPSA) is 57.2 Å². The second-order valence-electron chi connectivity index (χ2n) is 3.33. The maximum Gasteiger partial charge on any atom is 0.184 e. The standard InChI is InChI=1S/C9H18O5/c1-5-6(11-2)7(12-3)8(13-4)9(10)14-5/h5-10H,1-4H3/t5-,6-,7+,8+,9?/m0/s1. The van der Waals surface area contributed by atoms with Crippen LogP contribution in [0.5, 0.6) is 0 Å². The van der Waals surface area contributed by atoms with Crippen molar-refractivity contribution in [2.75, 3.05) is 21.3 Å². The largest absolute Gasteiger partial charge is 0.376 e. The summed E-state index contributed by atoms with van der Waals surface area (Å²) in [6.45, 7) is 1.83. The van der Waals surface area contributed by atoms with Crippen LogP contribution in [0.15, 0.2) is 0 Å². The number of aliphatic hydroxyl groups is 1. The maximum atomic E-state index is 9.57. The lowest BCUT2D eigenvalue weighted by atomic mass is 9.99. The van der Waals surface area contributed by atoms with Crippen LogP contribution in [-0.2, 0) is 18.9 Å². The summed E-state index contributed by atoms with van der Waals surface area (Å²) in [6, 6.07) is 0. The van der Waals surface area contributed by atoms with Crippen LogP contribution in [0, 0.1) is 0 Å². The van der Waals surface area contributed by atoms with Gasteiger partial charge in [0.1, 0.15) is 18.3 Å². The van der Waals surface area contributed by atoms with Gasteiger partial charge >= 0.3 is 0 Å². The SMILES string of the molecule is CO[C@@H]1[C@@H](OC)[C@@H](OC)C(O)O[C@H]1C. The van der Waals surface area contributed by atoms with Gasteiger partial charge in [0.25, 0.3) is 0 Å². The van der Waals surface area contributed by atoms with Crippen molar-refractivity contribution >= 4 is 0 Å². The normalized spacial score (nSPS) is 43.9. The molecule has 0 aromatic heterocycles. The van der Waals surface area contributed by atoms with Crippen LogP contribution in [0.4, 0.5) is 0 Å². The van der Waals surface area contributed by atoms with Gasteiger partial charge < -0.3 is 24.1 Å². The zero-order valence-corrected chi connectivity index (χ0v) is 8.97. The summed E-state index contributed by atoms with van der Waals surface area (Å²) in [7, 11) is 4.65. The molecule has 84 valence electrons. The van der Waals surface area contributed by atoms with Gasteiger partial charge in [0.15, 0.2) is 6.29 Å². The van der Waals surface area contributed by atoms with E-state index in [1.807, 2.05) is 6.92 Å². The quantitative estimate of drug-likeness (QED) is 0.691. The first kappa shape index (κ1) is 11.9. The summed E-state index contributed by atoms with van der Waals surface area (Å²) in [5, 5.41) is 9.57. The number of aliphatic hydroxyl groups excluding tert-OH is 1. The Morgan fingerprint density at radius 3 is 1.86 bits per heavy atom. The third-order valence-electron chi connectivity index (χ3n) is 2.56. The predicted octanol–water partition coefficient (Wildman–Crippen LogP) is -0.232. The van der Waals surface area contributed by atoms with Gasteiger partial charge in [0, 0.05) is 21.3 Å². The van der Waals surface area contributed by atoms with Gasteiger partial charge in [-0.05, 0) is 6.92 Å². The highest BCUT2D eigenvalue weighted by Gasteiger charge is 2.44. The lowest BCUT2D eigenvalue weighted by molar-refractivity contribution is -0.291. The van der Waals surface area contributed by atoms with Gasteiger partial charge in [-0.1, -0.05) is 0 Å². The molecule has 1 unspecified atom stereocenters. The van der Waals surface area contributed by atoms with E-state index >= 15 is 0 Å². The summed E-state index contributed by atoms with van der Waals surface area (Å²) in [4.78, 5) is 0. The van der Waals surface area contributed by atoms with Crippen LogP contribution >= 0.6 is 0 Å². The smallest absolute Gasteiger partial charge is 0.184 e. The van der Waals surface area contributed by atoms with E-state index < -0.39 is 12.4 Å². The van der Waals surface area contributed by atoms with E-state index in [-0.39, 0.29) is 18.3 Å². The summed E-state index contributed by atoms with van der Waals surface area (Å²) >= 11 is 0. The fourth-order valence-electron chi connectivity index (χ4n) is 1.84. The van der Waals surface area contributed by atoms with Gasteiger partial charge in [-0.2, -0.15) is 0 Å². The van der Waals surface area contributed by atoms with Gasteiger partial charge in [0.2, 0.25) is 0 Å². The molecule has 0 saturated carbocycles. The van der Waals surface area contributed by atoms with Crippen LogP contribution < -0.4 is 0 Å². The molecule has 1 aliphatic rings. The number of ether oxygens (including phenoxy) is 4. The molecule has 1 heterocycles. The predicted molar refractivity (Wildman–Crippen MR) is 48.9 cm³/mol. The number of hydrogen-bond donors (Lipinski definition) is 1. The van der Waals surface area contributed by atoms with Gasteiger partial charge in [-0.25, -0.2) is 0 Å². The first-order valence-corrected chi connectivity index (χ1v) is 4.57. The molecule has 0 aliphatic carbocycles. The Morgan fingerprint density at radius 1 is 0.929 bits per heavy atom. The number of hydrogen-bond acceptors (Lipinski definition) is 5. The number of rotatable bonds is 3. The summed E-state index contributed by atoms with van der Waals surface area (Å²) < 4.78 is 20.9. The average Bonchev–Trinajstić information content (AvgIpc) is 2.16. The van der Waals surface area contributed by atoms with E-state index in [1.165, 1.54) is 7.11 Å². The highest BCUT2D eigenvalue weighted by atomic mass is 16.7. The highest BCUT2D eigenvalue weighted by molar-refractivity contribution is 4.89. The minimum absolute atomic E-state index is 0.216. The molecule has 0 radical (unpaired) electrons. The Labute approximate surface area is 83.9 Å². The molecule has 1 saturated heterocycles. The minimum Gasteiger partial charge on any atom is -0.376 e. The summed E-state index contributed by atoms with van der Waals surface area (Å²) in [5.41, 5.74) is 0. The Kier molecular flexibility index (Phi) is 4.28. The Hall–Kier alpha value is -0.200. The first-order valence-electron chi connectivity index (χ1n) is 4.57. The average molecular weight is 206 g/mol. The molecule has 14 heavy (non-hydrogen) atoms. The van der Waals surface area contributed by atoms with Crippen molar-refractivity contribution in [3.63, 3.8) is 0 Å². The van der Waals surface area contributed by atoms with Gasteiger partial charge in [-0.3, -0.25) is 0 Å². The lowest BCUT2D eigenvalue weighted by Gasteiger charge is -2.41. The molecule has 5 atom stereocenters. The molecule has 0 spiro atoms. The van der Waals surface area contributed by atoms with E-state index in [4.69, 9.17) is 18.9 Å². The molecule has 0 amide bonds. The fourth-order valence-corrected chi connectivity index (χ4v) is 1.84. The second-order valence-corrected chi connectivity index (χ2v) is 3.33. The van der Waals surface area contributed by atoms with Crippen molar-refractivity contribution < 1.29 is 24.1 Å². The fraction of sp³-hybridized carbons (Fsp3) is 1.00. The molecule has 1 N–H and O–H groups in total. The third-order valence-corrected chi connectivity index (χ3v) is 2.56. The van der Waals surface area contributed by atoms with Crippen molar-refractivity contribution in [3.8, 4) is 0 Å². The molecule has 1 fully saturated rings. The van der Waals surface area contributed by atoms with Gasteiger partial charge in [0.05, 0.1) is 6.10 Å². The summed E-state index contributed by atoms with van der Waals surface area (Å²) in [6.07, 6.45) is -2.24. The lowest BCUT2D eigenvalue weighted by Crippen LogP contribution is -2.58. The van der Waals surface area contributed by atoms with Crippen LogP contribution in [0.2, 0.25) is 0 Å². The minimum atomic E-state index is -0.966. The van der Waals surface area contributed by atoms with E-state index in [0.717, 1.165) is 0 Å². The van der Waals surface area contributed by atoms with E-state index in [2.05, 4.69) is 0 Å². The molecule has 5 nitrogen and oxygen atoms in total. The van der Waals surface area contributed by atoms with Crippen LogP contribution in [-0.4, -0.2) is 57.1 Å². The maximum absolute atomic E-state index is 9.57. The third kappa shape index (κ3) is 2.07. The van der Waals surface area contributed by atoms with Crippen molar-refractivity contribution in [2.24, 2.45) is 0 Å². The second kappa shape index (κ2) is 5.04. The molecule has 5 heteroatoms. The van der Waals surface area contributed by atoms with Crippen LogP contribution in [0.3, 0.4) is 0 Å². The van der Waals surface area contributed by atoms with Crippen molar-refractivity contribution in [1.82, 2.24) is 0 Å². The highest BCUT2D eigenvalue weighted by Crippen LogP contribution is 2.25. The Bertz CT molecular complexity index is 159. The Morgan fingerprint density at radius 2 is 1.43 bits per heavy atom.